The Morgan fingerprint density at radius 1 is 1.12 bits per heavy atom. The Kier molecular flexibility index (Phi) is 8.58. The highest BCUT2D eigenvalue weighted by molar-refractivity contribution is 5.92. The maximum atomic E-state index is 12.1. The minimum absolute atomic E-state index is 0.00549. The molecule has 1 rings (SSSR count). The first-order valence-electron chi connectivity index (χ1n) is 7.96. The van der Waals surface area contributed by atoms with E-state index in [4.69, 9.17) is 15.9 Å². The summed E-state index contributed by atoms with van der Waals surface area (Å²) in [6.45, 7) is 3.78. The molecule has 2 amide bonds. The molecule has 0 aliphatic rings. The van der Waals surface area contributed by atoms with E-state index in [1.807, 2.05) is 0 Å². The Labute approximate surface area is 147 Å². The molecular weight excluding hydrogens is 324 g/mol. The van der Waals surface area contributed by atoms with Gasteiger partial charge < -0.3 is 20.1 Å². The van der Waals surface area contributed by atoms with Crippen molar-refractivity contribution in [2.45, 2.75) is 32.7 Å². The SMILES string of the molecule is C#Cc1ccc(NC(=O)N[C@@H](CCC(=O)OCC)C(=O)OCC)cc1. The van der Waals surface area contributed by atoms with Gasteiger partial charge in [0.05, 0.1) is 13.2 Å². The summed E-state index contributed by atoms with van der Waals surface area (Å²) >= 11 is 0. The first-order valence-corrected chi connectivity index (χ1v) is 7.96. The van der Waals surface area contributed by atoms with Crippen molar-refractivity contribution in [1.82, 2.24) is 5.32 Å². The Hall–Kier alpha value is -3.01. The standard InChI is InChI=1S/C18H22N2O5/c1-4-13-7-9-14(10-8-13)19-18(23)20-15(17(22)25-6-3)11-12-16(21)24-5-2/h1,7-10,15H,5-6,11-12H2,2-3H3,(H2,19,20,23)/t15-/m0/s1. The maximum absolute atomic E-state index is 12.1. The van der Waals surface area contributed by atoms with Crippen molar-refractivity contribution < 1.29 is 23.9 Å². The number of esters is 2. The molecule has 7 heteroatoms. The quantitative estimate of drug-likeness (QED) is 0.555. The zero-order valence-electron chi connectivity index (χ0n) is 14.3. The van der Waals surface area contributed by atoms with Crippen LogP contribution in [0.2, 0.25) is 0 Å². The molecule has 0 aromatic heterocycles. The van der Waals surface area contributed by atoms with Gasteiger partial charge in [0.25, 0.3) is 0 Å². The van der Waals surface area contributed by atoms with Crippen molar-refractivity contribution in [3.05, 3.63) is 29.8 Å². The van der Waals surface area contributed by atoms with Gasteiger partial charge in [-0.15, -0.1) is 6.42 Å². The Bertz CT molecular complexity index is 634. The fourth-order valence-electron chi connectivity index (χ4n) is 1.96. The van der Waals surface area contributed by atoms with Gasteiger partial charge in [-0.2, -0.15) is 0 Å². The van der Waals surface area contributed by atoms with Gasteiger partial charge in [0.1, 0.15) is 6.04 Å². The van der Waals surface area contributed by atoms with Crippen molar-refractivity contribution in [2.75, 3.05) is 18.5 Å². The largest absolute Gasteiger partial charge is 0.466 e. The summed E-state index contributed by atoms with van der Waals surface area (Å²) in [6, 6.07) is 5.11. The molecule has 0 aliphatic carbocycles. The summed E-state index contributed by atoms with van der Waals surface area (Å²) in [4.78, 5) is 35.5. The molecule has 0 saturated carbocycles. The number of hydrogen-bond acceptors (Lipinski definition) is 5. The second kappa shape index (κ2) is 10.7. The average Bonchev–Trinajstić information content (AvgIpc) is 2.59. The molecule has 1 atom stereocenters. The number of rotatable bonds is 8. The molecule has 0 bridgehead atoms. The van der Waals surface area contributed by atoms with Crippen LogP contribution in [-0.4, -0.2) is 37.2 Å². The van der Waals surface area contributed by atoms with Gasteiger partial charge in [-0.1, -0.05) is 5.92 Å². The van der Waals surface area contributed by atoms with Crippen LogP contribution in [-0.2, 0) is 19.1 Å². The number of benzene rings is 1. The highest BCUT2D eigenvalue weighted by atomic mass is 16.5. The van der Waals surface area contributed by atoms with E-state index in [0.29, 0.717) is 11.3 Å². The number of anilines is 1. The Morgan fingerprint density at radius 2 is 1.76 bits per heavy atom. The number of amides is 2. The highest BCUT2D eigenvalue weighted by Gasteiger charge is 2.23. The Balaban J connectivity index is 2.64. The molecular formula is C18H22N2O5. The van der Waals surface area contributed by atoms with E-state index in [-0.39, 0.29) is 26.1 Å². The van der Waals surface area contributed by atoms with Crippen molar-refractivity contribution in [3.63, 3.8) is 0 Å². The van der Waals surface area contributed by atoms with E-state index < -0.39 is 24.0 Å². The first kappa shape index (κ1) is 20.0. The monoisotopic (exact) mass is 346 g/mol. The van der Waals surface area contributed by atoms with Gasteiger partial charge >= 0.3 is 18.0 Å². The van der Waals surface area contributed by atoms with Crippen LogP contribution in [0.1, 0.15) is 32.3 Å². The molecule has 25 heavy (non-hydrogen) atoms. The van der Waals surface area contributed by atoms with E-state index >= 15 is 0 Å². The predicted octanol–water partition coefficient (Wildman–Crippen LogP) is 2.06. The third kappa shape index (κ3) is 7.40. The summed E-state index contributed by atoms with van der Waals surface area (Å²) in [5.41, 5.74) is 1.20. The number of hydrogen-bond donors (Lipinski definition) is 2. The number of carbonyl (C=O) groups is 3. The topological polar surface area (TPSA) is 93.7 Å². The first-order chi connectivity index (χ1) is 12.0. The van der Waals surface area contributed by atoms with Crippen LogP contribution in [0.5, 0.6) is 0 Å². The summed E-state index contributed by atoms with van der Waals surface area (Å²) in [5, 5.41) is 5.09. The van der Waals surface area contributed by atoms with Gasteiger partial charge in [-0.05, 0) is 44.5 Å². The molecule has 1 aromatic rings. The van der Waals surface area contributed by atoms with Crippen molar-refractivity contribution in [2.24, 2.45) is 0 Å². The molecule has 0 saturated heterocycles. The molecule has 7 nitrogen and oxygen atoms in total. The third-order valence-corrected chi connectivity index (χ3v) is 3.13. The third-order valence-electron chi connectivity index (χ3n) is 3.13. The number of nitrogens with one attached hydrogen (secondary N) is 2. The van der Waals surface area contributed by atoms with Crippen LogP contribution in [0, 0.1) is 12.3 Å². The van der Waals surface area contributed by atoms with Gasteiger partial charge in [-0.3, -0.25) is 4.79 Å². The lowest BCUT2D eigenvalue weighted by Gasteiger charge is -2.17. The minimum Gasteiger partial charge on any atom is -0.466 e. The number of urea groups is 1. The van der Waals surface area contributed by atoms with Gasteiger partial charge in [0.15, 0.2) is 0 Å². The van der Waals surface area contributed by atoms with Crippen LogP contribution < -0.4 is 10.6 Å². The Morgan fingerprint density at radius 3 is 2.32 bits per heavy atom. The van der Waals surface area contributed by atoms with E-state index in [2.05, 4.69) is 16.6 Å². The molecule has 0 spiro atoms. The van der Waals surface area contributed by atoms with Gasteiger partial charge in [-0.25, -0.2) is 9.59 Å². The molecule has 0 fully saturated rings. The minimum atomic E-state index is -0.950. The molecule has 134 valence electrons. The normalized spacial score (nSPS) is 10.9. The molecule has 0 radical (unpaired) electrons. The molecule has 1 aromatic carbocycles. The lowest BCUT2D eigenvalue weighted by Crippen LogP contribution is -2.44. The average molecular weight is 346 g/mol. The predicted molar refractivity (Wildman–Crippen MR) is 92.8 cm³/mol. The summed E-state index contributed by atoms with van der Waals surface area (Å²) in [5.74, 6) is 1.43. The number of carbonyl (C=O) groups excluding carboxylic acids is 3. The van der Waals surface area contributed by atoms with Crippen LogP contribution in [0.25, 0.3) is 0 Å². The fourth-order valence-corrected chi connectivity index (χ4v) is 1.96. The fraction of sp³-hybridized carbons (Fsp3) is 0.389. The zero-order valence-corrected chi connectivity index (χ0v) is 14.3. The van der Waals surface area contributed by atoms with Crippen LogP contribution >= 0.6 is 0 Å². The smallest absolute Gasteiger partial charge is 0.328 e. The van der Waals surface area contributed by atoms with Gasteiger partial charge in [0.2, 0.25) is 0 Å². The molecule has 0 unspecified atom stereocenters. The summed E-state index contributed by atoms with van der Waals surface area (Å²) in [7, 11) is 0. The second-order valence-corrected chi connectivity index (χ2v) is 4.97. The van der Waals surface area contributed by atoms with Crippen molar-refractivity contribution in [3.8, 4) is 12.3 Å². The summed E-state index contributed by atoms with van der Waals surface area (Å²) < 4.78 is 9.74. The van der Waals surface area contributed by atoms with E-state index in [9.17, 15) is 14.4 Å². The number of terminal acetylenes is 1. The van der Waals surface area contributed by atoms with E-state index in [0.717, 1.165) is 0 Å². The number of ether oxygens (including phenoxy) is 2. The molecule has 2 N–H and O–H groups in total. The maximum Gasteiger partial charge on any atom is 0.328 e. The lowest BCUT2D eigenvalue weighted by molar-refractivity contribution is -0.146. The molecule has 0 aliphatic heterocycles. The zero-order chi connectivity index (χ0) is 18.7. The van der Waals surface area contributed by atoms with Crippen molar-refractivity contribution >= 4 is 23.7 Å². The van der Waals surface area contributed by atoms with Gasteiger partial charge in [0, 0.05) is 17.7 Å². The van der Waals surface area contributed by atoms with Crippen molar-refractivity contribution in [1.29, 1.82) is 0 Å². The lowest BCUT2D eigenvalue weighted by atomic mass is 10.1. The molecule has 0 heterocycles. The second-order valence-electron chi connectivity index (χ2n) is 4.97. The summed E-state index contributed by atoms with van der Waals surface area (Å²) in [6.07, 6.45) is 5.35. The van der Waals surface area contributed by atoms with E-state index in [1.54, 1.807) is 38.1 Å². The highest BCUT2D eigenvalue weighted by Crippen LogP contribution is 2.09. The van der Waals surface area contributed by atoms with Crippen LogP contribution in [0.3, 0.4) is 0 Å². The van der Waals surface area contributed by atoms with E-state index in [1.165, 1.54) is 0 Å². The van der Waals surface area contributed by atoms with Crippen LogP contribution in [0.15, 0.2) is 24.3 Å². The van der Waals surface area contributed by atoms with Crippen LogP contribution in [0.4, 0.5) is 10.5 Å².